The second kappa shape index (κ2) is 10.8. The normalized spacial score (nSPS) is 11.8. The molecule has 0 radical (unpaired) electrons. The first-order valence-electron chi connectivity index (χ1n) is 11.5. The smallest absolute Gasteiger partial charge is 0.339 e. The van der Waals surface area contributed by atoms with Crippen LogP contribution in [0.15, 0.2) is 59.1 Å². The fourth-order valence-electron chi connectivity index (χ4n) is 3.85. The third-order valence-electron chi connectivity index (χ3n) is 5.39. The molecular formula is C27H30BrN3O4. The Balaban J connectivity index is 1.67. The van der Waals surface area contributed by atoms with E-state index in [-0.39, 0.29) is 5.97 Å². The number of halogens is 1. The lowest BCUT2D eigenvalue weighted by atomic mass is 10.0. The number of benzene rings is 3. The van der Waals surface area contributed by atoms with Crippen LogP contribution in [0.1, 0.15) is 31.1 Å². The number of nitrogens with one attached hydrogen (secondary N) is 1. The van der Waals surface area contributed by atoms with Crippen LogP contribution in [0.3, 0.4) is 0 Å². The molecule has 0 atom stereocenters. The Labute approximate surface area is 213 Å². The van der Waals surface area contributed by atoms with E-state index in [0.29, 0.717) is 31.9 Å². The van der Waals surface area contributed by atoms with Crippen molar-refractivity contribution in [2.24, 2.45) is 0 Å². The summed E-state index contributed by atoms with van der Waals surface area (Å²) < 4.78 is 19.2. The Kier molecular flexibility index (Phi) is 7.74. The van der Waals surface area contributed by atoms with Gasteiger partial charge in [0.25, 0.3) is 0 Å². The number of ether oxygens (including phenoxy) is 3. The summed E-state index contributed by atoms with van der Waals surface area (Å²) in [4.78, 5) is 12.8. The summed E-state index contributed by atoms with van der Waals surface area (Å²) >= 11 is 3.57. The van der Waals surface area contributed by atoms with E-state index in [2.05, 4.69) is 21.2 Å². The van der Waals surface area contributed by atoms with Crippen LogP contribution in [0, 0.1) is 0 Å². The monoisotopic (exact) mass is 539 g/mol. The van der Waals surface area contributed by atoms with E-state index in [1.807, 2.05) is 74.0 Å². The van der Waals surface area contributed by atoms with Crippen molar-refractivity contribution in [3.8, 4) is 0 Å². The Morgan fingerprint density at radius 1 is 1.00 bits per heavy atom. The zero-order chi connectivity index (χ0) is 25.0. The fraction of sp³-hybridized carbons (Fsp3) is 0.333. The van der Waals surface area contributed by atoms with Crippen LogP contribution in [0.5, 0.6) is 0 Å². The van der Waals surface area contributed by atoms with Crippen molar-refractivity contribution in [3.63, 3.8) is 0 Å². The summed E-state index contributed by atoms with van der Waals surface area (Å²) in [5.74, 6) is 0.396. The maximum atomic E-state index is 12.8. The predicted molar refractivity (Wildman–Crippen MR) is 143 cm³/mol. The van der Waals surface area contributed by atoms with Crippen LogP contribution in [0.2, 0.25) is 0 Å². The van der Waals surface area contributed by atoms with Gasteiger partial charge in [-0.3, -0.25) is 4.68 Å². The van der Waals surface area contributed by atoms with Crippen molar-refractivity contribution in [1.82, 2.24) is 9.78 Å². The quantitative estimate of drug-likeness (QED) is 0.198. The minimum absolute atomic E-state index is 0.340. The first-order chi connectivity index (χ1) is 16.8. The number of hydrogen-bond donors (Lipinski definition) is 1. The number of rotatable bonds is 9. The molecule has 8 heteroatoms. The summed E-state index contributed by atoms with van der Waals surface area (Å²) in [7, 11) is 1.66. The van der Waals surface area contributed by atoms with Crippen LogP contribution >= 0.6 is 15.9 Å². The molecule has 0 bridgehead atoms. The van der Waals surface area contributed by atoms with Gasteiger partial charge in [0.1, 0.15) is 5.60 Å². The van der Waals surface area contributed by atoms with Crippen LogP contribution < -0.4 is 5.32 Å². The molecule has 0 aliphatic heterocycles. The number of anilines is 2. The van der Waals surface area contributed by atoms with Gasteiger partial charge < -0.3 is 19.5 Å². The van der Waals surface area contributed by atoms with Crippen molar-refractivity contribution < 1.29 is 19.0 Å². The summed E-state index contributed by atoms with van der Waals surface area (Å²) in [5.41, 5.74) is 1.82. The minimum Gasteiger partial charge on any atom is -0.456 e. The molecule has 0 unspecified atom stereocenters. The molecule has 0 amide bonds. The van der Waals surface area contributed by atoms with E-state index in [1.165, 1.54) is 0 Å². The van der Waals surface area contributed by atoms with Crippen molar-refractivity contribution in [2.75, 3.05) is 32.2 Å². The van der Waals surface area contributed by atoms with Gasteiger partial charge in [-0.1, -0.05) is 40.2 Å². The third-order valence-corrected chi connectivity index (χ3v) is 5.88. The highest BCUT2D eigenvalue weighted by atomic mass is 79.9. The molecule has 7 nitrogen and oxygen atoms in total. The summed E-state index contributed by atoms with van der Waals surface area (Å²) in [6.45, 7) is 7.84. The van der Waals surface area contributed by atoms with Crippen molar-refractivity contribution >= 4 is 55.1 Å². The van der Waals surface area contributed by atoms with E-state index < -0.39 is 5.60 Å². The zero-order valence-corrected chi connectivity index (χ0v) is 22.0. The number of fused-ring (bicyclic) bond motifs is 2. The predicted octanol–water partition coefficient (Wildman–Crippen LogP) is 6.31. The van der Waals surface area contributed by atoms with Crippen molar-refractivity contribution in [2.45, 2.75) is 32.9 Å². The summed E-state index contributed by atoms with van der Waals surface area (Å²) in [6.07, 6.45) is 0. The van der Waals surface area contributed by atoms with Crippen LogP contribution in [-0.2, 0) is 20.8 Å². The first-order valence-corrected chi connectivity index (χ1v) is 12.3. The van der Waals surface area contributed by atoms with Gasteiger partial charge in [0.2, 0.25) is 0 Å². The van der Waals surface area contributed by atoms with E-state index >= 15 is 0 Å². The van der Waals surface area contributed by atoms with Gasteiger partial charge in [0, 0.05) is 28.0 Å². The number of carbonyl (C=O) groups is 1. The van der Waals surface area contributed by atoms with Crippen LogP contribution in [-0.4, -0.2) is 48.3 Å². The molecular weight excluding hydrogens is 510 g/mol. The number of carbonyl (C=O) groups excluding carboxylic acids is 1. The lowest BCUT2D eigenvalue weighted by molar-refractivity contribution is 0.00718. The number of hydrogen-bond acceptors (Lipinski definition) is 6. The SMILES string of the molecule is COCCOCCn1nc(Nc2ccc(C(=O)OC(C)(C)C)c3ccccc23)c2ccc(Br)cc21. The van der Waals surface area contributed by atoms with Gasteiger partial charge in [-0.2, -0.15) is 5.10 Å². The molecule has 0 aliphatic rings. The average Bonchev–Trinajstić information content (AvgIpc) is 3.14. The number of methoxy groups -OCH3 is 1. The second-order valence-corrected chi connectivity index (χ2v) is 10.1. The molecule has 1 aromatic heterocycles. The van der Waals surface area contributed by atoms with E-state index in [1.54, 1.807) is 13.2 Å². The third kappa shape index (κ3) is 6.01. The van der Waals surface area contributed by atoms with Crippen LogP contribution in [0.25, 0.3) is 21.7 Å². The maximum absolute atomic E-state index is 12.8. The van der Waals surface area contributed by atoms with Gasteiger partial charge in [-0.15, -0.1) is 0 Å². The van der Waals surface area contributed by atoms with Crippen LogP contribution in [0.4, 0.5) is 11.5 Å². The number of aromatic nitrogens is 2. The molecule has 3 aromatic carbocycles. The molecule has 184 valence electrons. The molecule has 0 saturated carbocycles. The maximum Gasteiger partial charge on any atom is 0.339 e. The van der Waals surface area contributed by atoms with E-state index in [0.717, 1.165) is 37.7 Å². The first kappa shape index (κ1) is 25.2. The fourth-order valence-corrected chi connectivity index (χ4v) is 4.20. The molecule has 0 fully saturated rings. The highest BCUT2D eigenvalue weighted by Crippen LogP contribution is 2.33. The highest BCUT2D eigenvalue weighted by molar-refractivity contribution is 9.10. The average molecular weight is 540 g/mol. The van der Waals surface area contributed by atoms with Gasteiger partial charge in [-0.05, 0) is 56.5 Å². The Morgan fingerprint density at radius 2 is 1.77 bits per heavy atom. The molecule has 0 spiro atoms. The lowest BCUT2D eigenvalue weighted by Gasteiger charge is -2.20. The topological polar surface area (TPSA) is 74.6 Å². The lowest BCUT2D eigenvalue weighted by Crippen LogP contribution is -2.24. The summed E-state index contributed by atoms with van der Waals surface area (Å²) in [6, 6.07) is 17.6. The largest absolute Gasteiger partial charge is 0.456 e. The Hall–Kier alpha value is -2.94. The van der Waals surface area contributed by atoms with Crippen molar-refractivity contribution in [1.29, 1.82) is 0 Å². The van der Waals surface area contributed by atoms with Gasteiger partial charge in [0.05, 0.1) is 37.4 Å². The molecule has 4 rings (SSSR count). The standard InChI is InChI=1S/C27H30BrN3O4/c1-27(2,3)35-26(32)21-11-12-23(20-8-6-5-7-19(20)21)29-25-22-10-9-18(28)17-24(22)31(30-25)13-14-34-16-15-33-4/h5-12,17H,13-16H2,1-4H3,(H,29,30). The van der Waals surface area contributed by atoms with E-state index in [4.69, 9.17) is 19.3 Å². The highest BCUT2D eigenvalue weighted by Gasteiger charge is 2.21. The molecule has 0 saturated heterocycles. The second-order valence-electron chi connectivity index (χ2n) is 9.17. The number of nitrogens with zero attached hydrogens (tertiary/aromatic N) is 2. The number of esters is 1. The molecule has 1 N–H and O–H groups in total. The minimum atomic E-state index is -0.567. The molecule has 35 heavy (non-hydrogen) atoms. The summed E-state index contributed by atoms with van der Waals surface area (Å²) in [5, 5.41) is 11.1. The zero-order valence-electron chi connectivity index (χ0n) is 20.4. The van der Waals surface area contributed by atoms with Gasteiger partial charge >= 0.3 is 5.97 Å². The van der Waals surface area contributed by atoms with E-state index in [9.17, 15) is 4.79 Å². The van der Waals surface area contributed by atoms with Gasteiger partial charge in [-0.25, -0.2) is 4.79 Å². The molecule has 4 aromatic rings. The molecule has 0 aliphatic carbocycles. The Morgan fingerprint density at radius 3 is 2.51 bits per heavy atom. The Bertz CT molecular complexity index is 1340. The van der Waals surface area contributed by atoms with Crippen molar-refractivity contribution in [3.05, 3.63) is 64.6 Å². The molecule has 1 heterocycles. The van der Waals surface area contributed by atoms with Gasteiger partial charge in [0.15, 0.2) is 5.82 Å².